The van der Waals surface area contributed by atoms with E-state index in [-0.39, 0.29) is 29.4 Å². The largest absolute Gasteiger partial charge is 0.485 e. The highest BCUT2D eigenvalue weighted by atomic mass is 35.5. The van der Waals surface area contributed by atoms with Gasteiger partial charge in [-0.05, 0) is 61.6 Å². The van der Waals surface area contributed by atoms with Crippen molar-refractivity contribution in [2.75, 3.05) is 6.61 Å². The third-order valence-corrected chi connectivity index (χ3v) is 5.18. The number of rotatable bonds is 6. The molecule has 0 amide bonds. The van der Waals surface area contributed by atoms with E-state index in [9.17, 15) is 19.7 Å². The topological polar surface area (TPSA) is 86.5 Å². The van der Waals surface area contributed by atoms with Gasteiger partial charge in [-0.25, -0.2) is 0 Å². The Hall–Kier alpha value is -2.73. The van der Waals surface area contributed by atoms with Crippen LogP contribution in [0.2, 0.25) is 5.02 Å². The number of halogens is 1. The average Bonchev–Trinajstić information content (AvgIpc) is 2.65. The van der Waals surface area contributed by atoms with E-state index in [2.05, 4.69) is 0 Å². The van der Waals surface area contributed by atoms with Gasteiger partial charge in [-0.1, -0.05) is 17.7 Å². The summed E-state index contributed by atoms with van der Waals surface area (Å²) in [4.78, 5) is 34.3. The van der Waals surface area contributed by atoms with Crippen molar-refractivity contribution in [3.05, 3.63) is 68.2 Å². The molecular formula is C20H18ClNO5. The minimum absolute atomic E-state index is 0.0224. The van der Waals surface area contributed by atoms with Gasteiger partial charge in [-0.2, -0.15) is 0 Å². The van der Waals surface area contributed by atoms with Crippen LogP contribution in [-0.4, -0.2) is 23.6 Å². The van der Waals surface area contributed by atoms with Gasteiger partial charge in [0.2, 0.25) is 0 Å². The first-order chi connectivity index (χ1) is 12.9. The molecule has 2 aromatic rings. The summed E-state index contributed by atoms with van der Waals surface area (Å²) in [6.45, 7) is 1.32. The number of Topliss-reactive ketones (excluding diaryl/α,β-unsaturated/α-hetero) is 1. The fourth-order valence-electron chi connectivity index (χ4n) is 3.50. The summed E-state index contributed by atoms with van der Waals surface area (Å²) in [5.74, 6) is -0.237. The molecule has 0 fully saturated rings. The maximum Gasteiger partial charge on any atom is 0.311 e. The first-order valence-electron chi connectivity index (χ1n) is 8.54. The number of carbonyl (C=O) groups is 2. The number of carbonyl (C=O) groups excluding carboxylic acids is 2. The van der Waals surface area contributed by atoms with Crippen LogP contribution in [-0.2, 0) is 16.6 Å². The van der Waals surface area contributed by atoms with Gasteiger partial charge in [0, 0.05) is 16.7 Å². The Morgan fingerprint density at radius 1 is 1.33 bits per heavy atom. The molecule has 2 aromatic carbocycles. The summed E-state index contributed by atoms with van der Waals surface area (Å²) < 4.78 is 5.74. The lowest BCUT2D eigenvalue weighted by Crippen LogP contribution is -2.38. The molecule has 0 aromatic heterocycles. The van der Waals surface area contributed by atoms with Crippen molar-refractivity contribution >= 4 is 29.4 Å². The molecule has 1 aliphatic rings. The number of hydrogen-bond donors (Lipinski definition) is 0. The molecule has 7 heteroatoms. The van der Waals surface area contributed by atoms with Crippen LogP contribution in [0.1, 0.15) is 41.3 Å². The number of benzene rings is 2. The molecule has 0 N–H and O–H groups in total. The first kappa shape index (κ1) is 19.0. The minimum Gasteiger partial charge on any atom is -0.485 e. The van der Waals surface area contributed by atoms with E-state index >= 15 is 0 Å². The van der Waals surface area contributed by atoms with Gasteiger partial charge < -0.3 is 9.53 Å². The van der Waals surface area contributed by atoms with Crippen LogP contribution >= 0.6 is 11.6 Å². The maximum absolute atomic E-state index is 12.0. The van der Waals surface area contributed by atoms with Crippen LogP contribution in [0.3, 0.4) is 0 Å². The summed E-state index contributed by atoms with van der Waals surface area (Å²) in [5.41, 5.74) is 0.889. The summed E-state index contributed by atoms with van der Waals surface area (Å²) in [6, 6.07) is 9.47. The predicted molar refractivity (Wildman–Crippen MR) is 101 cm³/mol. The first-order valence-corrected chi connectivity index (χ1v) is 8.91. The lowest BCUT2D eigenvalue weighted by atomic mass is 9.71. The van der Waals surface area contributed by atoms with Gasteiger partial charge in [0.1, 0.15) is 12.9 Å². The number of hydrogen-bond acceptors (Lipinski definition) is 5. The number of nitro benzene ring substituents is 1. The Morgan fingerprint density at radius 3 is 2.78 bits per heavy atom. The lowest BCUT2D eigenvalue weighted by molar-refractivity contribution is -0.385. The Morgan fingerprint density at radius 2 is 2.11 bits per heavy atom. The van der Waals surface area contributed by atoms with Crippen LogP contribution in [0, 0.1) is 10.1 Å². The van der Waals surface area contributed by atoms with E-state index in [0.29, 0.717) is 11.4 Å². The second kappa shape index (κ2) is 7.48. The van der Waals surface area contributed by atoms with Crippen LogP contribution in [0.4, 0.5) is 5.69 Å². The monoisotopic (exact) mass is 387 g/mol. The zero-order valence-corrected chi connectivity index (χ0v) is 15.5. The van der Waals surface area contributed by atoms with Crippen LogP contribution in [0.25, 0.3) is 0 Å². The van der Waals surface area contributed by atoms with E-state index in [1.165, 1.54) is 25.1 Å². The molecule has 0 bridgehead atoms. The van der Waals surface area contributed by atoms with E-state index in [0.717, 1.165) is 30.3 Å². The standard InChI is InChI=1S/C20H18ClNO5/c1-13(24)14-4-7-19(18(10-14)22(25)26)27-12-20(11-23)8-2-3-15-9-16(21)5-6-17(15)20/h4-7,9-11H,2-3,8,12H2,1H3/t20-/m0/s1. The third-order valence-electron chi connectivity index (χ3n) is 4.95. The number of ether oxygens (including phenoxy) is 1. The lowest BCUT2D eigenvalue weighted by Gasteiger charge is -2.34. The summed E-state index contributed by atoms with van der Waals surface area (Å²) in [5, 5.41) is 12.0. The van der Waals surface area contributed by atoms with Gasteiger partial charge in [0.25, 0.3) is 0 Å². The van der Waals surface area contributed by atoms with Crippen molar-refractivity contribution < 1.29 is 19.2 Å². The smallest absolute Gasteiger partial charge is 0.311 e. The summed E-state index contributed by atoms with van der Waals surface area (Å²) >= 11 is 6.06. The zero-order valence-electron chi connectivity index (χ0n) is 14.7. The van der Waals surface area contributed by atoms with Crippen molar-refractivity contribution in [1.82, 2.24) is 0 Å². The molecule has 0 spiro atoms. The summed E-state index contributed by atoms with van der Waals surface area (Å²) in [7, 11) is 0. The van der Waals surface area contributed by atoms with Crippen molar-refractivity contribution in [1.29, 1.82) is 0 Å². The molecule has 140 valence electrons. The second-order valence-corrected chi connectivity index (χ2v) is 7.15. The average molecular weight is 388 g/mol. The van der Waals surface area contributed by atoms with Crippen molar-refractivity contribution in [2.24, 2.45) is 0 Å². The molecule has 0 heterocycles. The molecule has 0 saturated heterocycles. The van der Waals surface area contributed by atoms with Crippen molar-refractivity contribution in [3.63, 3.8) is 0 Å². The number of fused-ring (bicyclic) bond motifs is 1. The number of nitrogens with zero attached hydrogens (tertiary/aromatic N) is 1. The van der Waals surface area contributed by atoms with Gasteiger partial charge in [-0.3, -0.25) is 14.9 Å². The number of ketones is 1. The quantitative estimate of drug-likeness (QED) is 0.319. The van der Waals surface area contributed by atoms with Crippen LogP contribution in [0.5, 0.6) is 5.75 Å². The highest BCUT2D eigenvalue weighted by Gasteiger charge is 2.38. The normalized spacial score (nSPS) is 18.4. The highest BCUT2D eigenvalue weighted by molar-refractivity contribution is 6.30. The van der Waals surface area contributed by atoms with Gasteiger partial charge in [0.15, 0.2) is 11.5 Å². The van der Waals surface area contributed by atoms with Crippen LogP contribution in [0.15, 0.2) is 36.4 Å². The zero-order chi connectivity index (χ0) is 19.6. The van der Waals surface area contributed by atoms with Gasteiger partial charge in [-0.15, -0.1) is 0 Å². The van der Waals surface area contributed by atoms with E-state index in [4.69, 9.17) is 16.3 Å². The fraction of sp³-hybridized carbons (Fsp3) is 0.300. The molecule has 0 unspecified atom stereocenters. The Labute approximate surface area is 161 Å². The molecule has 1 aliphatic carbocycles. The fourth-order valence-corrected chi connectivity index (χ4v) is 3.69. The SMILES string of the molecule is CC(=O)c1ccc(OC[C@@]2(C=O)CCCc3cc(Cl)ccc32)c([N+](=O)[O-])c1. The van der Waals surface area contributed by atoms with Crippen molar-refractivity contribution in [3.8, 4) is 5.75 Å². The van der Waals surface area contributed by atoms with Gasteiger partial charge >= 0.3 is 5.69 Å². The summed E-state index contributed by atoms with van der Waals surface area (Å²) in [6.07, 6.45) is 3.05. The Balaban J connectivity index is 1.93. The van der Waals surface area contributed by atoms with E-state index in [1.807, 2.05) is 12.1 Å². The molecule has 0 radical (unpaired) electrons. The molecule has 27 heavy (non-hydrogen) atoms. The maximum atomic E-state index is 12.0. The molecular weight excluding hydrogens is 370 g/mol. The number of aldehydes is 1. The third kappa shape index (κ3) is 3.71. The van der Waals surface area contributed by atoms with Crippen LogP contribution < -0.4 is 4.74 Å². The molecule has 0 aliphatic heterocycles. The molecule has 0 saturated carbocycles. The number of aryl methyl sites for hydroxylation is 1. The minimum atomic E-state index is -0.884. The van der Waals surface area contributed by atoms with E-state index < -0.39 is 10.3 Å². The Bertz CT molecular complexity index is 927. The van der Waals surface area contributed by atoms with Crippen molar-refractivity contribution in [2.45, 2.75) is 31.6 Å². The molecule has 1 atom stereocenters. The predicted octanol–water partition coefficient (Wildman–Crippen LogP) is 4.30. The Kier molecular flexibility index (Phi) is 5.28. The number of nitro groups is 1. The van der Waals surface area contributed by atoms with E-state index in [1.54, 1.807) is 6.07 Å². The highest BCUT2D eigenvalue weighted by Crippen LogP contribution is 2.38. The second-order valence-electron chi connectivity index (χ2n) is 6.71. The molecule has 3 rings (SSSR count). The molecule has 6 nitrogen and oxygen atoms in total. The van der Waals surface area contributed by atoms with Gasteiger partial charge in [0.05, 0.1) is 10.3 Å².